The van der Waals surface area contributed by atoms with Crippen LogP contribution in [0, 0.1) is 5.41 Å². The Morgan fingerprint density at radius 3 is 2.07 bits per heavy atom. The van der Waals surface area contributed by atoms with Gasteiger partial charge in [0.05, 0.1) is 6.42 Å². The van der Waals surface area contributed by atoms with E-state index < -0.39 is 0 Å². The highest BCUT2D eigenvalue weighted by molar-refractivity contribution is 5.67. The SMILES string of the molecule is CC(C)(C)CC(=O)[n+]1ccccc1.[Br-]. The molecule has 0 saturated carbocycles. The quantitative estimate of drug-likeness (QED) is 0.595. The van der Waals surface area contributed by atoms with E-state index in [1.807, 2.05) is 18.2 Å². The molecule has 0 fully saturated rings. The molecule has 0 unspecified atom stereocenters. The first-order valence-electron chi connectivity index (χ1n) is 4.48. The van der Waals surface area contributed by atoms with Crippen molar-refractivity contribution in [1.29, 1.82) is 0 Å². The first-order valence-corrected chi connectivity index (χ1v) is 4.48. The highest BCUT2D eigenvalue weighted by Crippen LogP contribution is 2.17. The molecule has 0 amide bonds. The minimum absolute atomic E-state index is 0. The molecule has 78 valence electrons. The summed E-state index contributed by atoms with van der Waals surface area (Å²) in [5.74, 6) is 0.146. The number of hydrogen-bond acceptors (Lipinski definition) is 1. The van der Waals surface area contributed by atoms with Crippen LogP contribution >= 0.6 is 0 Å². The predicted molar refractivity (Wildman–Crippen MR) is 51.3 cm³/mol. The molecule has 0 aliphatic rings. The second-order valence-electron chi connectivity index (χ2n) is 4.41. The lowest BCUT2D eigenvalue weighted by atomic mass is 9.92. The van der Waals surface area contributed by atoms with E-state index in [0.29, 0.717) is 6.42 Å². The third kappa shape index (κ3) is 4.51. The van der Waals surface area contributed by atoms with Gasteiger partial charge in [-0.25, -0.2) is 4.79 Å². The molecule has 0 spiro atoms. The fraction of sp³-hybridized carbons (Fsp3) is 0.455. The molecule has 0 aliphatic heterocycles. The van der Waals surface area contributed by atoms with Crippen LogP contribution in [0.2, 0.25) is 0 Å². The van der Waals surface area contributed by atoms with Crippen LogP contribution in [0.1, 0.15) is 32.0 Å². The van der Waals surface area contributed by atoms with Crippen LogP contribution in [-0.2, 0) is 0 Å². The van der Waals surface area contributed by atoms with Gasteiger partial charge < -0.3 is 17.0 Å². The Bertz CT molecular complexity index is 290. The number of hydrogen-bond donors (Lipinski definition) is 0. The van der Waals surface area contributed by atoms with Crippen molar-refractivity contribution in [2.24, 2.45) is 5.41 Å². The summed E-state index contributed by atoms with van der Waals surface area (Å²) in [4.78, 5) is 11.6. The summed E-state index contributed by atoms with van der Waals surface area (Å²) in [6.45, 7) is 6.19. The number of carbonyl (C=O) groups excluding carboxylic acids is 1. The van der Waals surface area contributed by atoms with E-state index in [0.717, 1.165) is 0 Å². The smallest absolute Gasteiger partial charge is 0.392 e. The largest absolute Gasteiger partial charge is 1.00 e. The first-order chi connectivity index (χ1) is 5.99. The van der Waals surface area contributed by atoms with Crippen LogP contribution in [-0.4, -0.2) is 5.91 Å². The summed E-state index contributed by atoms with van der Waals surface area (Å²) >= 11 is 0. The van der Waals surface area contributed by atoms with E-state index in [9.17, 15) is 4.79 Å². The van der Waals surface area contributed by atoms with E-state index in [4.69, 9.17) is 0 Å². The Labute approximate surface area is 95.7 Å². The van der Waals surface area contributed by atoms with Gasteiger partial charge in [0.1, 0.15) is 0 Å². The van der Waals surface area contributed by atoms with Gasteiger partial charge in [0.25, 0.3) is 0 Å². The van der Waals surface area contributed by atoms with Crippen molar-refractivity contribution in [3.63, 3.8) is 0 Å². The summed E-state index contributed by atoms with van der Waals surface area (Å²) in [6, 6.07) is 5.63. The summed E-state index contributed by atoms with van der Waals surface area (Å²) in [6.07, 6.45) is 4.14. The Morgan fingerprint density at radius 2 is 1.64 bits per heavy atom. The highest BCUT2D eigenvalue weighted by atomic mass is 79.9. The normalized spacial score (nSPS) is 10.5. The molecule has 2 nitrogen and oxygen atoms in total. The van der Waals surface area contributed by atoms with Gasteiger partial charge >= 0.3 is 5.91 Å². The van der Waals surface area contributed by atoms with Crippen molar-refractivity contribution in [3.8, 4) is 0 Å². The van der Waals surface area contributed by atoms with Gasteiger partial charge in [0, 0.05) is 12.1 Å². The van der Waals surface area contributed by atoms with Crippen LogP contribution in [0.3, 0.4) is 0 Å². The molecule has 0 aliphatic carbocycles. The Kier molecular flexibility index (Phi) is 4.99. The van der Waals surface area contributed by atoms with Crippen LogP contribution in [0.4, 0.5) is 0 Å². The van der Waals surface area contributed by atoms with Gasteiger partial charge in [0.2, 0.25) is 0 Å². The van der Waals surface area contributed by atoms with E-state index in [2.05, 4.69) is 20.8 Å². The molecule has 1 aromatic rings. The number of halogens is 1. The van der Waals surface area contributed by atoms with Crippen molar-refractivity contribution in [2.45, 2.75) is 27.2 Å². The number of aromatic nitrogens is 1. The van der Waals surface area contributed by atoms with E-state index in [1.165, 1.54) is 0 Å². The van der Waals surface area contributed by atoms with E-state index >= 15 is 0 Å². The van der Waals surface area contributed by atoms with Gasteiger partial charge in [-0.3, -0.25) is 0 Å². The van der Waals surface area contributed by atoms with Crippen LogP contribution in [0.25, 0.3) is 0 Å². The third-order valence-corrected chi connectivity index (χ3v) is 1.69. The summed E-state index contributed by atoms with van der Waals surface area (Å²) in [5, 5.41) is 0. The molecular weight excluding hydrogens is 242 g/mol. The highest BCUT2D eigenvalue weighted by Gasteiger charge is 2.22. The summed E-state index contributed by atoms with van der Waals surface area (Å²) in [7, 11) is 0. The molecule has 0 bridgehead atoms. The monoisotopic (exact) mass is 257 g/mol. The Hall–Kier alpha value is -0.700. The standard InChI is InChI=1S/C11H16NO.BrH/c1-11(2,3)9-10(13)12-7-5-4-6-8-12;/h4-8H,9H2,1-3H3;1H/q+1;/p-1. The van der Waals surface area contributed by atoms with Crippen molar-refractivity contribution in [1.82, 2.24) is 0 Å². The lowest BCUT2D eigenvalue weighted by Gasteiger charge is -2.13. The lowest BCUT2D eigenvalue weighted by molar-refractivity contribution is -0.575. The van der Waals surface area contributed by atoms with Crippen molar-refractivity contribution in [2.75, 3.05) is 0 Å². The fourth-order valence-corrected chi connectivity index (χ4v) is 1.11. The Balaban J connectivity index is 0.00000169. The fourth-order valence-electron chi connectivity index (χ4n) is 1.11. The topological polar surface area (TPSA) is 20.9 Å². The molecule has 0 N–H and O–H groups in total. The van der Waals surface area contributed by atoms with Gasteiger partial charge in [-0.1, -0.05) is 26.8 Å². The number of pyridine rings is 1. The molecule has 0 atom stereocenters. The third-order valence-electron chi connectivity index (χ3n) is 1.69. The minimum atomic E-state index is 0. The summed E-state index contributed by atoms with van der Waals surface area (Å²) < 4.78 is 1.63. The molecule has 1 rings (SSSR count). The van der Waals surface area contributed by atoms with Gasteiger partial charge in [0.15, 0.2) is 12.4 Å². The zero-order chi connectivity index (χ0) is 9.90. The van der Waals surface area contributed by atoms with Crippen molar-refractivity contribution < 1.29 is 26.3 Å². The second-order valence-corrected chi connectivity index (χ2v) is 4.41. The predicted octanol–water partition coefficient (Wildman–Crippen LogP) is -0.945. The van der Waals surface area contributed by atoms with Crippen LogP contribution in [0.15, 0.2) is 30.6 Å². The summed E-state index contributed by atoms with van der Waals surface area (Å²) in [5.41, 5.74) is 0.0555. The maximum Gasteiger partial charge on any atom is 0.392 e. The zero-order valence-corrected chi connectivity index (χ0v) is 10.4. The molecule has 14 heavy (non-hydrogen) atoms. The number of carbonyl (C=O) groups is 1. The average molecular weight is 258 g/mol. The van der Waals surface area contributed by atoms with E-state index in [1.54, 1.807) is 17.0 Å². The lowest BCUT2D eigenvalue weighted by Crippen LogP contribution is -3.00. The minimum Gasteiger partial charge on any atom is -1.00 e. The molecule has 1 heterocycles. The number of nitrogens with zero attached hydrogens (tertiary/aromatic N) is 1. The van der Waals surface area contributed by atoms with E-state index in [-0.39, 0.29) is 28.3 Å². The van der Waals surface area contributed by atoms with Gasteiger partial charge in [-0.05, 0) is 5.41 Å². The van der Waals surface area contributed by atoms with Gasteiger partial charge in [-0.2, -0.15) is 0 Å². The Morgan fingerprint density at radius 1 is 1.14 bits per heavy atom. The molecule has 0 aromatic carbocycles. The molecular formula is C11H16BrNO. The second kappa shape index (κ2) is 5.25. The maximum absolute atomic E-state index is 11.6. The van der Waals surface area contributed by atoms with Crippen molar-refractivity contribution >= 4 is 5.91 Å². The molecule has 3 heteroatoms. The van der Waals surface area contributed by atoms with Gasteiger partial charge in [-0.15, -0.1) is 4.57 Å². The van der Waals surface area contributed by atoms with Crippen LogP contribution in [0.5, 0.6) is 0 Å². The number of rotatable bonds is 1. The molecule has 0 saturated heterocycles. The molecule has 0 radical (unpaired) electrons. The van der Waals surface area contributed by atoms with Crippen molar-refractivity contribution in [3.05, 3.63) is 30.6 Å². The zero-order valence-electron chi connectivity index (χ0n) is 8.83. The average Bonchev–Trinajstić information content (AvgIpc) is 2.03. The van der Waals surface area contributed by atoms with Crippen LogP contribution < -0.4 is 21.5 Å². The first kappa shape index (κ1) is 13.3. The maximum atomic E-state index is 11.6. The molecule has 1 aromatic heterocycles.